The number of nitrogens with zero attached hydrogens (tertiary/aromatic N) is 1. The number of hydrogen-bond donors (Lipinski definition) is 0. The highest BCUT2D eigenvalue weighted by Crippen LogP contribution is 2.24. The summed E-state index contributed by atoms with van der Waals surface area (Å²) in [5.41, 5.74) is 4.36. The standard InChI is InChI=1S/C33H36NO3S/c1-32(2,3)27-15-11-25(12-16-27)30(36)21-38(20-29(35)24-9-7-23(19-34)8-10-24)22-31(37)26-13-17-28(18-14-26)33(4,5)6/h7-18H,20-22H2,1-6H3/q+1. The third-order valence-electron chi connectivity index (χ3n) is 6.49. The van der Waals surface area contributed by atoms with Crippen molar-refractivity contribution in [3.63, 3.8) is 0 Å². The zero-order valence-corrected chi connectivity index (χ0v) is 23.9. The molecule has 0 saturated carbocycles. The molecule has 0 saturated heterocycles. The van der Waals surface area contributed by atoms with Crippen LogP contribution in [0.3, 0.4) is 0 Å². The molecule has 3 aromatic rings. The second-order valence-corrected chi connectivity index (χ2v) is 13.7. The lowest BCUT2D eigenvalue weighted by Crippen LogP contribution is -2.30. The lowest BCUT2D eigenvalue weighted by molar-refractivity contribution is 0.102. The van der Waals surface area contributed by atoms with Gasteiger partial charge in [-0.2, -0.15) is 5.26 Å². The monoisotopic (exact) mass is 526 g/mol. The minimum absolute atomic E-state index is 0.0195. The van der Waals surface area contributed by atoms with Crippen molar-refractivity contribution in [1.29, 1.82) is 5.26 Å². The summed E-state index contributed by atoms with van der Waals surface area (Å²) in [5, 5.41) is 9.04. The highest BCUT2D eigenvalue weighted by atomic mass is 32.2. The molecule has 0 N–H and O–H groups in total. The molecule has 0 bridgehead atoms. The summed E-state index contributed by atoms with van der Waals surface area (Å²) in [7, 11) is -0.782. The number of rotatable bonds is 9. The molecule has 4 nitrogen and oxygen atoms in total. The maximum atomic E-state index is 13.2. The van der Waals surface area contributed by atoms with E-state index in [0.717, 1.165) is 11.1 Å². The molecule has 3 aromatic carbocycles. The molecule has 0 amide bonds. The summed E-state index contributed by atoms with van der Waals surface area (Å²) in [4.78, 5) is 39.6. The summed E-state index contributed by atoms with van der Waals surface area (Å²) in [6, 6.07) is 23.7. The van der Waals surface area contributed by atoms with Crippen molar-refractivity contribution in [2.45, 2.75) is 52.4 Å². The molecule has 0 spiro atoms. The highest BCUT2D eigenvalue weighted by molar-refractivity contribution is 7.98. The third kappa shape index (κ3) is 7.76. The van der Waals surface area contributed by atoms with Crippen molar-refractivity contribution in [3.8, 4) is 6.07 Å². The Hall–Kier alpha value is -3.49. The van der Waals surface area contributed by atoms with Crippen LogP contribution in [0.1, 0.15) is 89.3 Å². The summed E-state index contributed by atoms with van der Waals surface area (Å²) >= 11 is 0. The van der Waals surface area contributed by atoms with Crippen LogP contribution >= 0.6 is 0 Å². The van der Waals surface area contributed by atoms with E-state index in [9.17, 15) is 14.4 Å². The van der Waals surface area contributed by atoms with Crippen LogP contribution in [-0.2, 0) is 21.7 Å². The van der Waals surface area contributed by atoms with E-state index in [4.69, 9.17) is 5.26 Å². The van der Waals surface area contributed by atoms with E-state index in [1.807, 2.05) is 54.6 Å². The van der Waals surface area contributed by atoms with Crippen molar-refractivity contribution in [2.24, 2.45) is 0 Å². The van der Waals surface area contributed by atoms with Crippen LogP contribution in [0.15, 0.2) is 72.8 Å². The van der Waals surface area contributed by atoms with Gasteiger partial charge in [0.2, 0.25) is 17.3 Å². The highest BCUT2D eigenvalue weighted by Gasteiger charge is 2.31. The van der Waals surface area contributed by atoms with Crippen molar-refractivity contribution >= 4 is 28.2 Å². The molecule has 0 aromatic heterocycles. The number of ketones is 3. The summed E-state index contributed by atoms with van der Waals surface area (Å²) in [6.45, 7) is 12.7. The van der Waals surface area contributed by atoms with Gasteiger partial charge in [0, 0.05) is 27.6 Å². The number of nitriles is 1. The number of hydrogen-bond acceptors (Lipinski definition) is 4. The number of benzene rings is 3. The molecule has 0 fully saturated rings. The maximum Gasteiger partial charge on any atom is 0.211 e. The number of carbonyl (C=O) groups excluding carboxylic acids is 3. The molecule has 0 aliphatic heterocycles. The molecule has 38 heavy (non-hydrogen) atoms. The minimum atomic E-state index is -0.782. The first-order valence-electron chi connectivity index (χ1n) is 12.7. The number of Topliss-reactive ketones (excluding diaryl/α,β-unsaturated/α-hetero) is 3. The first-order chi connectivity index (χ1) is 17.8. The molecule has 5 heteroatoms. The predicted molar refractivity (Wildman–Crippen MR) is 156 cm³/mol. The van der Waals surface area contributed by atoms with Gasteiger partial charge in [-0.3, -0.25) is 14.4 Å². The second kappa shape index (κ2) is 11.9. The van der Waals surface area contributed by atoms with Gasteiger partial charge in [-0.1, -0.05) is 90.1 Å². The number of carbonyl (C=O) groups is 3. The SMILES string of the molecule is CC(C)(C)c1ccc(C(=O)C[S+](CC(=O)c2ccc(C#N)cc2)CC(=O)c2ccc(C(C)(C)C)cc2)cc1. The van der Waals surface area contributed by atoms with Crippen molar-refractivity contribution in [3.05, 3.63) is 106 Å². The van der Waals surface area contributed by atoms with E-state index in [0.29, 0.717) is 22.3 Å². The molecule has 0 unspecified atom stereocenters. The predicted octanol–water partition coefficient (Wildman–Crippen LogP) is 6.72. The second-order valence-electron chi connectivity index (χ2n) is 11.7. The Kier molecular flexibility index (Phi) is 9.12. The van der Waals surface area contributed by atoms with E-state index in [2.05, 4.69) is 41.5 Å². The average molecular weight is 527 g/mol. The molecule has 0 aliphatic carbocycles. The van der Waals surface area contributed by atoms with Gasteiger partial charge >= 0.3 is 0 Å². The first kappa shape index (κ1) is 29.1. The van der Waals surface area contributed by atoms with Crippen LogP contribution in [0.25, 0.3) is 0 Å². The van der Waals surface area contributed by atoms with Gasteiger partial charge in [0.25, 0.3) is 0 Å². The van der Waals surface area contributed by atoms with Gasteiger partial charge in [-0.05, 0) is 46.2 Å². The summed E-state index contributed by atoms with van der Waals surface area (Å²) in [6.07, 6.45) is 0. The van der Waals surface area contributed by atoms with E-state index >= 15 is 0 Å². The Morgan fingerprint density at radius 2 is 0.868 bits per heavy atom. The Labute approximate surface area is 229 Å². The van der Waals surface area contributed by atoms with Crippen molar-refractivity contribution < 1.29 is 14.4 Å². The van der Waals surface area contributed by atoms with Crippen LogP contribution in [0, 0.1) is 11.3 Å². The fraction of sp³-hybridized carbons (Fsp3) is 0.333. The van der Waals surface area contributed by atoms with E-state index in [-0.39, 0.29) is 45.4 Å². The topological polar surface area (TPSA) is 75.0 Å². The van der Waals surface area contributed by atoms with Gasteiger partial charge in [0.05, 0.1) is 11.6 Å². The van der Waals surface area contributed by atoms with Crippen LogP contribution in [-0.4, -0.2) is 34.6 Å². The zero-order chi connectivity index (χ0) is 28.1. The smallest absolute Gasteiger partial charge is 0.211 e. The van der Waals surface area contributed by atoms with Crippen LogP contribution in [0.4, 0.5) is 0 Å². The van der Waals surface area contributed by atoms with Crippen LogP contribution < -0.4 is 0 Å². The molecular formula is C33H36NO3S+. The van der Waals surface area contributed by atoms with Gasteiger partial charge in [-0.15, -0.1) is 0 Å². The average Bonchev–Trinajstić information content (AvgIpc) is 2.87. The molecular weight excluding hydrogens is 490 g/mol. The third-order valence-corrected chi connectivity index (χ3v) is 8.50. The normalized spacial score (nSPS) is 11.7. The Balaban J connectivity index is 1.81. The minimum Gasteiger partial charge on any atom is -0.289 e. The first-order valence-corrected chi connectivity index (χ1v) is 14.5. The molecule has 0 atom stereocenters. The largest absolute Gasteiger partial charge is 0.289 e. The van der Waals surface area contributed by atoms with Gasteiger partial charge < -0.3 is 0 Å². The van der Waals surface area contributed by atoms with Gasteiger partial charge in [0.15, 0.2) is 17.3 Å². The lowest BCUT2D eigenvalue weighted by atomic mass is 9.86. The van der Waals surface area contributed by atoms with E-state index in [1.54, 1.807) is 24.3 Å². The Bertz CT molecular complexity index is 1260. The summed E-state index contributed by atoms with van der Waals surface area (Å²) < 4.78 is 0. The molecule has 0 radical (unpaired) electrons. The van der Waals surface area contributed by atoms with E-state index in [1.165, 1.54) is 0 Å². The van der Waals surface area contributed by atoms with Crippen molar-refractivity contribution in [2.75, 3.05) is 17.3 Å². The zero-order valence-electron chi connectivity index (χ0n) is 23.1. The molecule has 196 valence electrons. The Morgan fingerprint density at radius 3 is 1.13 bits per heavy atom. The Morgan fingerprint density at radius 1 is 0.579 bits per heavy atom. The molecule has 3 rings (SSSR count). The van der Waals surface area contributed by atoms with Gasteiger partial charge in [0.1, 0.15) is 0 Å². The molecule has 0 heterocycles. The fourth-order valence-corrected chi connectivity index (χ4v) is 5.92. The molecule has 0 aliphatic rings. The quantitative estimate of drug-likeness (QED) is 0.229. The van der Waals surface area contributed by atoms with Gasteiger partial charge in [-0.25, -0.2) is 0 Å². The lowest BCUT2D eigenvalue weighted by Gasteiger charge is -2.19. The van der Waals surface area contributed by atoms with Crippen molar-refractivity contribution in [1.82, 2.24) is 0 Å². The maximum absolute atomic E-state index is 13.2. The van der Waals surface area contributed by atoms with E-state index < -0.39 is 10.9 Å². The summed E-state index contributed by atoms with van der Waals surface area (Å²) in [5.74, 6) is 0.0775. The van der Waals surface area contributed by atoms with Crippen LogP contribution in [0.2, 0.25) is 0 Å². The fourth-order valence-electron chi connectivity index (χ4n) is 4.00. The van der Waals surface area contributed by atoms with Crippen LogP contribution in [0.5, 0.6) is 0 Å².